The summed E-state index contributed by atoms with van der Waals surface area (Å²) in [6, 6.07) is 8.01. The lowest BCUT2D eigenvalue weighted by Crippen LogP contribution is -2.69. The van der Waals surface area contributed by atoms with Crippen molar-refractivity contribution in [1.82, 2.24) is 15.1 Å². The lowest BCUT2D eigenvalue weighted by Gasteiger charge is -2.47. The molecule has 11 nitrogen and oxygen atoms in total. The fourth-order valence-electron chi connectivity index (χ4n) is 7.11. The van der Waals surface area contributed by atoms with Crippen LogP contribution in [0, 0.1) is 0 Å². The van der Waals surface area contributed by atoms with E-state index in [2.05, 4.69) is 19.2 Å². The van der Waals surface area contributed by atoms with E-state index in [-0.39, 0.29) is 19.1 Å². The third-order valence-corrected chi connectivity index (χ3v) is 10.5. The van der Waals surface area contributed by atoms with Gasteiger partial charge >= 0.3 is 6.09 Å². The largest absolute Gasteiger partial charge is 0.445 e. The maximum atomic E-state index is 13.9. The van der Waals surface area contributed by atoms with Crippen LogP contribution in [0.4, 0.5) is 4.79 Å². The maximum Gasteiger partial charge on any atom is 0.410 e. The number of unbranched alkanes of at least 4 members (excludes halogenated alkanes) is 19. The van der Waals surface area contributed by atoms with E-state index in [4.69, 9.17) is 9.47 Å². The lowest BCUT2D eigenvalue weighted by molar-refractivity contribution is -0.231. The smallest absolute Gasteiger partial charge is 0.410 e. The highest BCUT2D eigenvalue weighted by molar-refractivity contribution is 5.82. The number of hydrogen-bond acceptors (Lipinski definition) is 8. The quantitative estimate of drug-likeness (QED) is 0.0585. The van der Waals surface area contributed by atoms with Gasteiger partial charge in [-0.25, -0.2) is 4.79 Å². The number of aliphatic hydroxyl groups excluding tert-OH is 3. The Bertz CT molecular complexity index is 1130. The van der Waals surface area contributed by atoms with E-state index in [1.54, 1.807) is 4.90 Å². The van der Waals surface area contributed by atoms with E-state index in [1.165, 1.54) is 90.5 Å². The summed E-state index contributed by atoms with van der Waals surface area (Å²) in [5.74, 6) is -0.759. The molecule has 1 fully saturated rings. The molecule has 54 heavy (non-hydrogen) atoms. The highest BCUT2D eigenvalue weighted by Crippen LogP contribution is 2.26. The average Bonchev–Trinajstić information content (AvgIpc) is 3.17. The molecule has 1 aliphatic rings. The van der Waals surface area contributed by atoms with Gasteiger partial charge in [0.1, 0.15) is 37.5 Å². The van der Waals surface area contributed by atoms with Crippen LogP contribution in [0.5, 0.6) is 0 Å². The van der Waals surface area contributed by atoms with E-state index >= 15 is 0 Å². The van der Waals surface area contributed by atoms with Gasteiger partial charge in [-0.05, 0) is 18.4 Å². The lowest BCUT2D eigenvalue weighted by atomic mass is 9.94. The SMILES string of the molecule is CCCCCCCCCCCCCCN(C(=O)CCCCCCCCCCC)[C@@H]1O[C@H](CO)[C@@H](O)[C@H](O)[C@H]1NC(=O)CN(C)C(=O)OCc1ccccc1. The number of rotatable bonds is 30. The first-order chi connectivity index (χ1) is 26.2. The fraction of sp³-hybridized carbons (Fsp3) is 0.791. The van der Waals surface area contributed by atoms with Crippen LogP contribution in [0.3, 0.4) is 0 Å². The number of benzene rings is 1. The first-order valence-corrected chi connectivity index (χ1v) is 21.4. The molecular weight excluding hydrogens is 686 g/mol. The minimum Gasteiger partial charge on any atom is -0.445 e. The first-order valence-electron chi connectivity index (χ1n) is 21.4. The molecule has 0 bridgehead atoms. The van der Waals surface area contributed by atoms with Gasteiger partial charge in [-0.1, -0.05) is 166 Å². The Labute approximate surface area is 326 Å². The van der Waals surface area contributed by atoms with Gasteiger partial charge in [0.25, 0.3) is 0 Å². The number of ether oxygens (including phenoxy) is 2. The zero-order chi connectivity index (χ0) is 39.4. The highest BCUT2D eigenvalue weighted by atomic mass is 16.6. The molecule has 0 aromatic heterocycles. The predicted molar refractivity (Wildman–Crippen MR) is 214 cm³/mol. The summed E-state index contributed by atoms with van der Waals surface area (Å²) in [5.41, 5.74) is 0.807. The maximum absolute atomic E-state index is 13.9. The van der Waals surface area contributed by atoms with Crippen LogP contribution in [-0.4, -0.2) is 100 Å². The van der Waals surface area contributed by atoms with Crippen molar-refractivity contribution in [3.8, 4) is 0 Å². The molecule has 2 rings (SSSR count). The Morgan fingerprint density at radius 2 is 1.22 bits per heavy atom. The summed E-state index contributed by atoms with van der Waals surface area (Å²) in [5, 5.41) is 34.9. The van der Waals surface area contributed by atoms with Gasteiger partial charge in [-0.3, -0.25) is 9.59 Å². The highest BCUT2D eigenvalue weighted by Gasteiger charge is 2.48. The van der Waals surface area contributed by atoms with Crippen molar-refractivity contribution in [3.05, 3.63) is 35.9 Å². The van der Waals surface area contributed by atoms with Crippen molar-refractivity contribution in [1.29, 1.82) is 0 Å². The number of nitrogens with one attached hydrogen (secondary N) is 1. The van der Waals surface area contributed by atoms with Crippen molar-refractivity contribution in [2.24, 2.45) is 0 Å². The molecule has 5 atom stereocenters. The number of likely N-dealkylation sites (N-methyl/N-ethyl adjacent to an activating group) is 1. The van der Waals surface area contributed by atoms with E-state index in [1.807, 2.05) is 30.3 Å². The van der Waals surface area contributed by atoms with Crippen LogP contribution in [0.25, 0.3) is 0 Å². The van der Waals surface area contributed by atoms with E-state index in [0.717, 1.165) is 61.8 Å². The van der Waals surface area contributed by atoms with Crippen LogP contribution >= 0.6 is 0 Å². The Morgan fingerprint density at radius 1 is 0.722 bits per heavy atom. The molecule has 1 saturated heterocycles. The number of amides is 3. The van der Waals surface area contributed by atoms with Crippen molar-refractivity contribution >= 4 is 17.9 Å². The summed E-state index contributed by atoms with van der Waals surface area (Å²) in [6.45, 7) is 3.91. The average molecular weight is 762 g/mol. The van der Waals surface area contributed by atoms with Crippen molar-refractivity contribution < 1.29 is 39.2 Å². The van der Waals surface area contributed by atoms with E-state index < -0.39 is 49.2 Å². The Morgan fingerprint density at radius 3 is 1.74 bits per heavy atom. The molecule has 0 radical (unpaired) electrons. The normalized spacial score (nSPS) is 19.7. The molecule has 0 saturated carbocycles. The molecule has 3 amide bonds. The molecule has 1 heterocycles. The van der Waals surface area contributed by atoms with E-state index in [9.17, 15) is 29.7 Å². The molecule has 4 N–H and O–H groups in total. The van der Waals surface area contributed by atoms with Gasteiger partial charge in [0.15, 0.2) is 6.23 Å². The fourth-order valence-corrected chi connectivity index (χ4v) is 7.11. The van der Waals surface area contributed by atoms with Crippen LogP contribution in [0.15, 0.2) is 30.3 Å². The van der Waals surface area contributed by atoms with Gasteiger partial charge in [0.2, 0.25) is 11.8 Å². The Hall–Kier alpha value is -2.73. The molecule has 1 aliphatic heterocycles. The zero-order valence-corrected chi connectivity index (χ0v) is 33.9. The molecule has 1 aromatic carbocycles. The zero-order valence-electron chi connectivity index (χ0n) is 33.9. The molecule has 310 valence electrons. The summed E-state index contributed by atoms with van der Waals surface area (Å²) < 4.78 is 11.5. The van der Waals surface area contributed by atoms with Gasteiger partial charge < -0.3 is 39.9 Å². The summed E-state index contributed by atoms with van der Waals surface area (Å²) in [4.78, 5) is 42.6. The second kappa shape index (κ2) is 29.5. The third kappa shape index (κ3) is 19.2. The number of hydrogen-bond donors (Lipinski definition) is 4. The van der Waals surface area contributed by atoms with Crippen LogP contribution in [-0.2, 0) is 25.7 Å². The molecule has 11 heteroatoms. The van der Waals surface area contributed by atoms with Crippen molar-refractivity contribution in [2.75, 3.05) is 26.7 Å². The van der Waals surface area contributed by atoms with Crippen molar-refractivity contribution in [2.45, 2.75) is 192 Å². The molecular formula is C43H75N3O8. The topological polar surface area (TPSA) is 149 Å². The van der Waals surface area contributed by atoms with Gasteiger partial charge in [0.05, 0.1) is 6.61 Å². The van der Waals surface area contributed by atoms with Crippen LogP contribution in [0.2, 0.25) is 0 Å². The summed E-state index contributed by atoms with van der Waals surface area (Å²) >= 11 is 0. The van der Waals surface area contributed by atoms with Crippen molar-refractivity contribution in [3.63, 3.8) is 0 Å². The summed E-state index contributed by atoms with van der Waals surface area (Å²) in [7, 11) is 1.43. The minimum absolute atomic E-state index is 0.0484. The molecule has 0 spiro atoms. The van der Waals surface area contributed by atoms with E-state index in [0.29, 0.717) is 13.0 Å². The monoisotopic (exact) mass is 762 g/mol. The number of carbonyl (C=O) groups excluding carboxylic acids is 3. The van der Waals surface area contributed by atoms with Crippen LogP contribution in [0.1, 0.15) is 161 Å². The number of nitrogens with zero attached hydrogens (tertiary/aromatic N) is 2. The number of aliphatic hydroxyl groups is 3. The predicted octanol–water partition coefficient (Wildman–Crippen LogP) is 7.63. The molecule has 0 aliphatic carbocycles. The second-order valence-corrected chi connectivity index (χ2v) is 15.3. The second-order valence-electron chi connectivity index (χ2n) is 15.3. The Balaban J connectivity index is 2.03. The molecule has 0 unspecified atom stereocenters. The van der Waals surface area contributed by atoms with Gasteiger partial charge in [-0.15, -0.1) is 0 Å². The van der Waals surface area contributed by atoms with Crippen LogP contribution < -0.4 is 5.32 Å². The number of carbonyl (C=O) groups is 3. The Kier molecular flexibility index (Phi) is 25.9. The third-order valence-electron chi connectivity index (χ3n) is 10.5. The van der Waals surface area contributed by atoms with Gasteiger partial charge in [0, 0.05) is 20.0 Å². The minimum atomic E-state index is -1.52. The molecule has 1 aromatic rings. The summed E-state index contributed by atoms with van der Waals surface area (Å²) in [6.07, 6.45) is 18.5. The van der Waals surface area contributed by atoms with Gasteiger partial charge in [-0.2, -0.15) is 0 Å². The first kappa shape index (κ1) is 47.4. The standard InChI is InChI=1S/C43H75N3O8/c1-4-6-8-10-12-14-15-16-18-20-22-27-31-46(38(49)30-26-21-19-17-13-11-9-7-5-2)42-39(41(51)40(50)36(33-47)54-42)44-37(48)32-45(3)43(52)53-34-35-28-24-23-25-29-35/h23-25,28-29,36,39-42,47,50-51H,4-22,26-27,30-34H2,1-3H3,(H,44,48)/t36-,39-,40-,41-,42-/m1/s1.